The third kappa shape index (κ3) is 12.1. The molecule has 36 heavy (non-hydrogen) atoms. The Kier molecular flexibility index (Phi) is 15.8. The first-order chi connectivity index (χ1) is 16.5. The number of rotatable bonds is 3. The molecule has 1 N–H and O–H groups in total. The highest BCUT2D eigenvalue weighted by Crippen LogP contribution is 1.94. The topological polar surface area (TPSA) is 232 Å². The van der Waals surface area contributed by atoms with Crippen molar-refractivity contribution in [3.63, 3.8) is 0 Å². The van der Waals surface area contributed by atoms with Crippen LogP contribution in [-0.2, 0) is 40.1 Å². The summed E-state index contributed by atoms with van der Waals surface area (Å²) in [7, 11) is 8.59. The number of esters is 3. The van der Waals surface area contributed by atoms with Crippen LogP contribution in [0.5, 0.6) is 0 Å². The van der Waals surface area contributed by atoms with Crippen molar-refractivity contribution in [2.75, 3.05) is 21.3 Å². The number of aryl methyl sites for hydroxylation is 3. The average molecular weight is 510 g/mol. The molecule has 0 unspecified atom stereocenters. The normalized spacial score (nSPS) is 8.58. The predicted octanol–water partition coefficient (Wildman–Crippen LogP) is -0.964. The van der Waals surface area contributed by atoms with Crippen molar-refractivity contribution in [1.82, 2.24) is 45.0 Å². The van der Waals surface area contributed by atoms with Crippen molar-refractivity contribution in [3.05, 3.63) is 35.7 Å². The molecule has 0 saturated heterocycles. The summed E-state index contributed by atoms with van der Waals surface area (Å²) in [5.41, 5.74) is 0.546. The highest BCUT2D eigenvalue weighted by molar-refractivity contribution is 5.87. The lowest BCUT2D eigenvalue weighted by Gasteiger charge is -1.95. The van der Waals surface area contributed by atoms with E-state index in [1.807, 2.05) is 0 Å². The van der Waals surface area contributed by atoms with Crippen molar-refractivity contribution in [3.8, 4) is 6.07 Å². The molecule has 3 aromatic rings. The molecule has 0 bridgehead atoms. The van der Waals surface area contributed by atoms with Crippen molar-refractivity contribution in [1.29, 1.82) is 5.26 Å². The van der Waals surface area contributed by atoms with Crippen molar-refractivity contribution in [2.24, 2.45) is 21.1 Å². The molecule has 0 atom stereocenters. The molecule has 0 amide bonds. The van der Waals surface area contributed by atoms with Crippen molar-refractivity contribution < 1.29 is 38.5 Å². The molecule has 3 heterocycles. The molecule has 0 fully saturated rings. The number of hydrogen-bond acceptors (Lipinski definition) is 14. The smallest absolute Gasteiger partial charge is 0.410 e. The van der Waals surface area contributed by atoms with Gasteiger partial charge in [-0.25, -0.2) is 23.9 Å². The highest BCUT2D eigenvalue weighted by Gasteiger charge is 2.09. The van der Waals surface area contributed by atoms with Gasteiger partial charge in [0, 0.05) is 21.1 Å². The first-order valence-electron chi connectivity index (χ1n) is 8.95. The van der Waals surface area contributed by atoms with Crippen LogP contribution in [0.1, 0.15) is 38.9 Å². The molecule has 18 nitrogen and oxygen atoms in total. The second-order valence-electron chi connectivity index (χ2n) is 5.57. The molecule has 0 aliphatic carbocycles. The zero-order chi connectivity index (χ0) is 27.0. The fraction of sp³-hybridized carbons (Fsp3) is 0.389. The van der Waals surface area contributed by atoms with Crippen LogP contribution in [0.2, 0.25) is 0 Å². The number of carbonyl (C=O) groups excluding carboxylic acids is 3. The predicted molar refractivity (Wildman–Crippen MR) is 117 cm³/mol. The second kappa shape index (κ2) is 17.3. The van der Waals surface area contributed by atoms with Gasteiger partial charge in [0.15, 0.2) is 23.2 Å². The quantitative estimate of drug-likeness (QED) is 0.254. The van der Waals surface area contributed by atoms with Gasteiger partial charge in [-0.1, -0.05) is 12.6 Å². The number of carboxylic acid groups (broad SMARTS) is 1. The van der Waals surface area contributed by atoms with Crippen molar-refractivity contribution in [2.45, 2.75) is 7.43 Å². The maximum Gasteiger partial charge on any atom is 0.410 e. The molecule has 0 radical (unpaired) electrons. The number of carboxylic acids is 1. The number of nitrogens with zero attached hydrogens (tertiary/aromatic N) is 10. The van der Waals surface area contributed by atoms with Crippen molar-refractivity contribution >= 4 is 23.9 Å². The SMILES string of the molecule is C.COC(=O)C#N.COC(=O)c1cnn(C)n1.COC(=O)c1cnnn1C.Cn1ncc(C(=O)O)n1. The van der Waals surface area contributed by atoms with Crippen LogP contribution in [0.25, 0.3) is 0 Å². The van der Waals surface area contributed by atoms with E-state index in [9.17, 15) is 19.2 Å². The van der Waals surface area contributed by atoms with Crippen LogP contribution in [0, 0.1) is 11.3 Å². The van der Waals surface area contributed by atoms with Crippen LogP contribution in [0.15, 0.2) is 18.6 Å². The van der Waals surface area contributed by atoms with Gasteiger partial charge in [-0.15, -0.1) is 15.3 Å². The molecular formula is C18H26N10O8. The minimum absolute atomic E-state index is 0. The molecule has 0 aliphatic heterocycles. The Balaban J connectivity index is 0. The zero-order valence-corrected chi connectivity index (χ0v) is 19.5. The monoisotopic (exact) mass is 510 g/mol. The van der Waals surface area contributed by atoms with E-state index in [4.69, 9.17) is 10.4 Å². The molecule has 0 saturated carbocycles. The lowest BCUT2D eigenvalue weighted by atomic mass is 10.5. The van der Waals surface area contributed by atoms with Gasteiger partial charge >= 0.3 is 23.9 Å². The van der Waals surface area contributed by atoms with E-state index in [1.54, 1.807) is 21.1 Å². The highest BCUT2D eigenvalue weighted by atomic mass is 16.5. The number of aromatic carboxylic acids is 1. The summed E-state index contributed by atoms with van der Waals surface area (Å²) >= 11 is 0. The number of hydrogen-bond donors (Lipinski definition) is 1. The van der Waals surface area contributed by atoms with Crippen LogP contribution >= 0.6 is 0 Å². The standard InChI is InChI=1S/2C5H7N3O2.C4H5N3O2.C3H3NO2.CH4/c1-8-4(3-6-7-8)5(9)10-2;1-8-6-3-4(7-8)5(9)10-2;1-7-5-2-3(6-7)4(8)9;1-6-3(5)2-4;/h2*3H,1-2H3;2H,1H3,(H,8,9);1H3;1H4. The van der Waals surface area contributed by atoms with Gasteiger partial charge in [0.1, 0.15) is 0 Å². The van der Waals surface area contributed by atoms with E-state index >= 15 is 0 Å². The molecular weight excluding hydrogens is 484 g/mol. The van der Waals surface area contributed by atoms with Crippen LogP contribution in [-0.4, -0.2) is 95.3 Å². The average Bonchev–Trinajstić information content (AvgIpc) is 3.60. The van der Waals surface area contributed by atoms with Gasteiger partial charge in [0.05, 0.1) is 39.9 Å². The van der Waals surface area contributed by atoms with E-state index in [0.29, 0.717) is 5.69 Å². The summed E-state index contributed by atoms with van der Waals surface area (Å²) in [4.78, 5) is 43.7. The van der Waals surface area contributed by atoms with Gasteiger partial charge < -0.3 is 19.3 Å². The lowest BCUT2D eigenvalue weighted by molar-refractivity contribution is -0.134. The summed E-state index contributed by atoms with van der Waals surface area (Å²) < 4.78 is 14.1. The number of methoxy groups -OCH3 is 3. The van der Waals surface area contributed by atoms with Gasteiger partial charge in [-0.3, -0.25) is 0 Å². The van der Waals surface area contributed by atoms with Crippen LogP contribution < -0.4 is 0 Å². The maximum absolute atomic E-state index is 10.8. The Morgan fingerprint density at radius 2 is 1.36 bits per heavy atom. The Morgan fingerprint density at radius 1 is 0.861 bits per heavy atom. The Morgan fingerprint density at radius 3 is 1.61 bits per heavy atom. The Hall–Kier alpha value is -5.21. The molecule has 3 aromatic heterocycles. The minimum Gasteiger partial charge on any atom is -0.476 e. The van der Waals surface area contributed by atoms with E-state index < -0.39 is 23.9 Å². The fourth-order valence-corrected chi connectivity index (χ4v) is 1.61. The lowest BCUT2D eigenvalue weighted by Crippen LogP contribution is -2.07. The van der Waals surface area contributed by atoms with Gasteiger partial charge in [-0.2, -0.15) is 25.1 Å². The first-order valence-corrected chi connectivity index (χ1v) is 8.95. The number of carbonyl (C=O) groups is 4. The fourth-order valence-electron chi connectivity index (χ4n) is 1.61. The molecule has 3 rings (SSSR count). The first kappa shape index (κ1) is 33.0. The second-order valence-corrected chi connectivity index (χ2v) is 5.57. The molecule has 18 heteroatoms. The van der Waals surface area contributed by atoms with Gasteiger partial charge in [0.25, 0.3) is 0 Å². The molecule has 0 spiro atoms. The minimum atomic E-state index is -1.05. The van der Waals surface area contributed by atoms with E-state index in [-0.39, 0.29) is 18.8 Å². The summed E-state index contributed by atoms with van der Waals surface area (Å²) in [5.74, 6) is -2.79. The van der Waals surface area contributed by atoms with E-state index in [2.05, 4.69) is 44.9 Å². The summed E-state index contributed by atoms with van der Waals surface area (Å²) in [6, 6.07) is 1.25. The Labute approximate surface area is 205 Å². The number of ether oxygens (including phenoxy) is 3. The summed E-state index contributed by atoms with van der Waals surface area (Å²) in [6.07, 6.45) is 3.90. The molecule has 0 aliphatic rings. The zero-order valence-electron chi connectivity index (χ0n) is 19.5. The third-order valence-corrected chi connectivity index (χ3v) is 3.20. The summed E-state index contributed by atoms with van der Waals surface area (Å²) in [6.45, 7) is 0. The molecule has 196 valence electrons. The van der Waals surface area contributed by atoms with Crippen LogP contribution in [0.4, 0.5) is 0 Å². The summed E-state index contributed by atoms with van der Waals surface area (Å²) in [5, 5.41) is 37.4. The van der Waals surface area contributed by atoms with E-state index in [1.165, 1.54) is 53.2 Å². The maximum atomic E-state index is 10.8. The van der Waals surface area contributed by atoms with E-state index in [0.717, 1.165) is 7.11 Å². The van der Waals surface area contributed by atoms with Gasteiger partial charge in [0.2, 0.25) is 0 Å². The number of nitriles is 1. The third-order valence-electron chi connectivity index (χ3n) is 3.20. The van der Waals surface area contributed by atoms with Gasteiger partial charge in [-0.05, 0) is 0 Å². The largest absolute Gasteiger partial charge is 0.476 e. The number of aromatic nitrogens is 9. The Bertz CT molecular complexity index is 1160. The van der Waals surface area contributed by atoms with Crippen LogP contribution in [0.3, 0.4) is 0 Å². The molecule has 0 aromatic carbocycles.